The molecule has 1 N–H and O–H groups in total. The zero-order valence-corrected chi connectivity index (χ0v) is 12.5. The van der Waals surface area contributed by atoms with Gasteiger partial charge in [-0.25, -0.2) is 4.98 Å². The summed E-state index contributed by atoms with van der Waals surface area (Å²) in [5.41, 5.74) is 4.04. The summed E-state index contributed by atoms with van der Waals surface area (Å²) in [4.78, 5) is 9.45. The van der Waals surface area contributed by atoms with E-state index < -0.39 is 12.3 Å². The molecule has 120 valence electrons. The van der Waals surface area contributed by atoms with Crippen molar-refractivity contribution in [3.63, 3.8) is 0 Å². The second kappa shape index (κ2) is 5.55. The summed E-state index contributed by atoms with van der Waals surface area (Å²) >= 11 is 0. The lowest BCUT2D eigenvalue weighted by molar-refractivity contribution is -0.237. The van der Waals surface area contributed by atoms with Gasteiger partial charge in [-0.3, -0.25) is 4.90 Å². The van der Waals surface area contributed by atoms with Gasteiger partial charge in [-0.15, -0.1) is 0 Å². The third-order valence-corrected chi connectivity index (χ3v) is 4.12. The zero-order chi connectivity index (χ0) is 15.9. The number of rotatable bonds is 2. The van der Waals surface area contributed by atoms with Gasteiger partial charge >= 0.3 is 6.18 Å². The standard InChI is InChI=1S/C15H18F3N3O/c1-9-3-4-11-14(10(9)2)20-13(19-11)8-21-5-6-22-12(7-21)15(16,17)18/h3-4,12H,5-8H2,1-2H3,(H,19,20)/t12-/m1/s1. The van der Waals surface area contributed by atoms with Crippen LogP contribution in [-0.4, -0.2) is 46.8 Å². The molecule has 1 aromatic heterocycles. The number of H-pyrrole nitrogens is 1. The molecular formula is C15H18F3N3O. The molecule has 1 fully saturated rings. The number of aryl methyl sites for hydroxylation is 2. The minimum absolute atomic E-state index is 0.0859. The molecule has 2 heterocycles. The lowest BCUT2D eigenvalue weighted by Gasteiger charge is -2.33. The maximum atomic E-state index is 12.7. The van der Waals surface area contributed by atoms with Crippen LogP contribution in [-0.2, 0) is 11.3 Å². The van der Waals surface area contributed by atoms with Crippen LogP contribution in [0.15, 0.2) is 12.1 Å². The first-order valence-corrected chi connectivity index (χ1v) is 7.20. The van der Waals surface area contributed by atoms with Crippen LogP contribution in [0.25, 0.3) is 11.0 Å². The van der Waals surface area contributed by atoms with Gasteiger partial charge in [0, 0.05) is 13.1 Å². The van der Waals surface area contributed by atoms with Crippen molar-refractivity contribution in [2.45, 2.75) is 32.7 Å². The number of nitrogens with one attached hydrogen (secondary N) is 1. The Morgan fingerprint density at radius 1 is 1.36 bits per heavy atom. The molecule has 1 saturated heterocycles. The largest absolute Gasteiger partial charge is 0.415 e. The Morgan fingerprint density at radius 3 is 2.86 bits per heavy atom. The first-order valence-electron chi connectivity index (χ1n) is 7.20. The van der Waals surface area contributed by atoms with E-state index in [0.29, 0.717) is 18.9 Å². The van der Waals surface area contributed by atoms with E-state index in [2.05, 4.69) is 9.97 Å². The fourth-order valence-corrected chi connectivity index (χ4v) is 2.70. The van der Waals surface area contributed by atoms with Crippen molar-refractivity contribution in [2.24, 2.45) is 0 Å². The lowest BCUT2D eigenvalue weighted by Crippen LogP contribution is -2.48. The molecule has 3 rings (SSSR count). The number of aromatic amines is 1. The van der Waals surface area contributed by atoms with E-state index in [1.54, 1.807) is 4.90 Å². The topological polar surface area (TPSA) is 41.2 Å². The fraction of sp³-hybridized carbons (Fsp3) is 0.533. The van der Waals surface area contributed by atoms with E-state index in [1.165, 1.54) is 0 Å². The van der Waals surface area contributed by atoms with E-state index in [9.17, 15) is 13.2 Å². The van der Waals surface area contributed by atoms with Crippen molar-refractivity contribution in [3.8, 4) is 0 Å². The van der Waals surface area contributed by atoms with Crippen LogP contribution in [0.4, 0.5) is 13.2 Å². The number of hydrogen-bond donors (Lipinski definition) is 1. The Labute approximate surface area is 126 Å². The Bertz CT molecular complexity index is 680. The molecule has 1 aromatic carbocycles. The third kappa shape index (κ3) is 2.96. The highest BCUT2D eigenvalue weighted by molar-refractivity contribution is 5.79. The Balaban J connectivity index is 1.77. The van der Waals surface area contributed by atoms with Crippen molar-refractivity contribution in [1.29, 1.82) is 0 Å². The number of nitrogens with zero attached hydrogens (tertiary/aromatic N) is 2. The summed E-state index contributed by atoms with van der Waals surface area (Å²) in [6.45, 7) is 4.78. The molecular weight excluding hydrogens is 295 g/mol. The zero-order valence-electron chi connectivity index (χ0n) is 12.5. The highest BCUT2D eigenvalue weighted by Crippen LogP contribution is 2.26. The quantitative estimate of drug-likeness (QED) is 0.927. The van der Waals surface area contributed by atoms with E-state index in [-0.39, 0.29) is 13.2 Å². The molecule has 0 amide bonds. The predicted octanol–water partition coefficient (Wildman–Crippen LogP) is 2.94. The van der Waals surface area contributed by atoms with Gasteiger partial charge in [0.15, 0.2) is 6.10 Å². The van der Waals surface area contributed by atoms with Gasteiger partial charge in [0.05, 0.1) is 24.2 Å². The number of aromatic nitrogens is 2. The van der Waals surface area contributed by atoms with Crippen LogP contribution in [0.1, 0.15) is 17.0 Å². The molecule has 0 aliphatic carbocycles. The van der Waals surface area contributed by atoms with Crippen molar-refractivity contribution in [3.05, 3.63) is 29.1 Å². The first-order chi connectivity index (χ1) is 10.3. The number of morpholine rings is 1. The molecule has 1 aliphatic rings. The Kier molecular flexibility index (Phi) is 3.86. The van der Waals surface area contributed by atoms with Crippen molar-refractivity contribution < 1.29 is 17.9 Å². The second-order valence-electron chi connectivity index (χ2n) is 5.72. The summed E-state index contributed by atoms with van der Waals surface area (Å²) < 4.78 is 43.0. The number of ether oxygens (including phenoxy) is 1. The molecule has 22 heavy (non-hydrogen) atoms. The number of benzene rings is 1. The van der Waals surface area contributed by atoms with Gasteiger partial charge in [-0.1, -0.05) is 6.07 Å². The average Bonchev–Trinajstić information content (AvgIpc) is 2.86. The summed E-state index contributed by atoms with van der Waals surface area (Å²) in [5, 5.41) is 0. The van der Waals surface area contributed by atoms with Crippen LogP contribution in [0.3, 0.4) is 0 Å². The average molecular weight is 313 g/mol. The van der Waals surface area contributed by atoms with E-state index >= 15 is 0 Å². The fourth-order valence-electron chi connectivity index (χ4n) is 2.70. The van der Waals surface area contributed by atoms with Crippen molar-refractivity contribution in [1.82, 2.24) is 14.9 Å². The van der Waals surface area contributed by atoms with Gasteiger partial charge in [-0.05, 0) is 31.0 Å². The highest BCUT2D eigenvalue weighted by Gasteiger charge is 2.43. The number of imidazole rings is 1. The maximum absolute atomic E-state index is 12.7. The normalized spacial score (nSPS) is 20.7. The van der Waals surface area contributed by atoms with Crippen LogP contribution in [0, 0.1) is 13.8 Å². The summed E-state index contributed by atoms with van der Waals surface area (Å²) in [6.07, 6.45) is -6.03. The molecule has 0 unspecified atom stereocenters. The Morgan fingerprint density at radius 2 is 2.14 bits per heavy atom. The highest BCUT2D eigenvalue weighted by atomic mass is 19.4. The molecule has 0 spiro atoms. The summed E-state index contributed by atoms with van der Waals surface area (Å²) in [5.74, 6) is 0.687. The van der Waals surface area contributed by atoms with Gasteiger partial charge in [0.25, 0.3) is 0 Å². The Hall–Kier alpha value is -1.60. The molecule has 4 nitrogen and oxygen atoms in total. The minimum atomic E-state index is -4.32. The summed E-state index contributed by atoms with van der Waals surface area (Å²) in [7, 11) is 0. The smallest absolute Gasteiger partial charge is 0.366 e. The minimum Gasteiger partial charge on any atom is -0.366 e. The van der Waals surface area contributed by atoms with Crippen molar-refractivity contribution >= 4 is 11.0 Å². The monoisotopic (exact) mass is 313 g/mol. The SMILES string of the molecule is Cc1ccc2[nH]c(CN3CCO[C@@H](C(F)(F)F)C3)nc2c1C. The molecule has 2 aromatic rings. The number of fused-ring (bicyclic) bond motifs is 1. The molecule has 0 saturated carbocycles. The second-order valence-corrected chi connectivity index (χ2v) is 5.72. The van der Waals surface area contributed by atoms with Crippen LogP contribution < -0.4 is 0 Å². The number of hydrogen-bond acceptors (Lipinski definition) is 3. The summed E-state index contributed by atoms with van der Waals surface area (Å²) in [6, 6.07) is 3.96. The predicted molar refractivity (Wildman–Crippen MR) is 76.6 cm³/mol. The number of halogens is 3. The van der Waals surface area contributed by atoms with Crippen LogP contribution in [0.2, 0.25) is 0 Å². The van der Waals surface area contributed by atoms with Gasteiger partial charge < -0.3 is 9.72 Å². The van der Waals surface area contributed by atoms with E-state index in [0.717, 1.165) is 22.2 Å². The van der Waals surface area contributed by atoms with E-state index in [4.69, 9.17) is 4.74 Å². The molecule has 0 bridgehead atoms. The maximum Gasteiger partial charge on any atom is 0.415 e. The van der Waals surface area contributed by atoms with Crippen molar-refractivity contribution in [2.75, 3.05) is 19.7 Å². The lowest BCUT2D eigenvalue weighted by atomic mass is 10.1. The van der Waals surface area contributed by atoms with Gasteiger partial charge in [0.2, 0.25) is 0 Å². The third-order valence-electron chi connectivity index (χ3n) is 4.12. The molecule has 7 heteroatoms. The van der Waals surface area contributed by atoms with Crippen LogP contribution >= 0.6 is 0 Å². The molecule has 1 atom stereocenters. The molecule has 1 aliphatic heterocycles. The van der Waals surface area contributed by atoms with Gasteiger partial charge in [-0.2, -0.15) is 13.2 Å². The van der Waals surface area contributed by atoms with Gasteiger partial charge in [0.1, 0.15) is 5.82 Å². The van der Waals surface area contributed by atoms with E-state index in [1.807, 2.05) is 26.0 Å². The first kappa shape index (κ1) is 15.3. The van der Waals surface area contributed by atoms with Crippen LogP contribution in [0.5, 0.6) is 0 Å². The number of alkyl halides is 3. The molecule has 0 radical (unpaired) electrons.